The van der Waals surface area contributed by atoms with Crippen molar-refractivity contribution in [2.45, 2.75) is 27.2 Å². The van der Waals surface area contributed by atoms with Crippen LogP contribution in [0.4, 0.5) is 5.88 Å². The minimum absolute atomic E-state index is 0.441. The van der Waals surface area contributed by atoms with Crippen LogP contribution < -0.4 is 5.73 Å². The summed E-state index contributed by atoms with van der Waals surface area (Å²) in [6, 6.07) is 6.20. The Balaban J connectivity index is 2.54. The number of nitrogens with two attached hydrogens (primary N) is 1. The molecule has 3 nitrogen and oxygen atoms in total. The highest BCUT2D eigenvalue weighted by Crippen LogP contribution is 2.33. The topological polar surface area (TPSA) is 52.0 Å². The molecule has 4 heteroatoms. The van der Waals surface area contributed by atoms with Crippen molar-refractivity contribution in [2.75, 3.05) is 5.73 Å². The second-order valence-electron chi connectivity index (χ2n) is 4.91. The molecule has 0 aliphatic carbocycles. The Hall–Kier alpha value is -1.04. The maximum Gasteiger partial charge on any atom is 0.225 e. The molecule has 0 aliphatic heterocycles. The molecule has 0 aliphatic rings. The second-order valence-corrected chi connectivity index (χ2v) is 5.99. The van der Waals surface area contributed by atoms with E-state index in [0.29, 0.717) is 11.8 Å². The minimum atomic E-state index is 0.441. The number of nitrogens with zero attached hydrogens (tertiary/aromatic N) is 1. The van der Waals surface area contributed by atoms with E-state index in [4.69, 9.17) is 10.3 Å². The van der Waals surface area contributed by atoms with E-state index in [-0.39, 0.29) is 0 Å². The molecule has 0 fully saturated rings. The van der Waals surface area contributed by atoms with Crippen LogP contribution in [0.1, 0.15) is 25.0 Å². The molecule has 1 heterocycles. The summed E-state index contributed by atoms with van der Waals surface area (Å²) >= 11 is 2.35. The smallest absolute Gasteiger partial charge is 0.225 e. The normalized spacial score (nSPS) is 11.2. The Morgan fingerprint density at radius 1 is 1.39 bits per heavy atom. The molecule has 0 unspecified atom stereocenters. The number of anilines is 1. The third-order valence-corrected chi connectivity index (χ3v) is 4.31. The van der Waals surface area contributed by atoms with Gasteiger partial charge in [-0.15, -0.1) is 0 Å². The zero-order chi connectivity index (χ0) is 13.3. The fourth-order valence-corrected chi connectivity index (χ4v) is 2.58. The van der Waals surface area contributed by atoms with Crippen molar-refractivity contribution in [3.05, 3.63) is 32.9 Å². The summed E-state index contributed by atoms with van der Waals surface area (Å²) < 4.78 is 6.37. The Bertz CT molecular complexity index is 561. The summed E-state index contributed by atoms with van der Waals surface area (Å²) in [5.74, 6) is 0.962. The third kappa shape index (κ3) is 2.53. The van der Waals surface area contributed by atoms with Gasteiger partial charge in [0, 0.05) is 14.7 Å². The molecule has 18 heavy (non-hydrogen) atoms. The number of nitrogen functional groups attached to an aromatic ring is 1. The van der Waals surface area contributed by atoms with Gasteiger partial charge in [-0.3, -0.25) is 0 Å². The zero-order valence-electron chi connectivity index (χ0n) is 10.8. The number of benzene rings is 1. The number of hydrogen-bond donors (Lipinski definition) is 1. The first kappa shape index (κ1) is 13.4. The van der Waals surface area contributed by atoms with Gasteiger partial charge < -0.3 is 10.3 Å². The number of aromatic nitrogens is 1. The van der Waals surface area contributed by atoms with Gasteiger partial charge in [-0.2, -0.15) is 0 Å². The van der Waals surface area contributed by atoms with Gasteiger partial charge in [0.1, 0.15) is 5.69 Å². The molecule has 0 amide bonds. The molecule has 0 atom stereocenters. The molecule has 1 aromatic heterocycles. The summed E-state index contributed by atoms with van der Waals surface area (Å²) in [5, 5.41) is 4.14. The van der Waals surface area contributed by atoms with Crippen LogP contribution in [-0.4, -0.2) is 5.16 Å². The molecule has 0 spiro atoms. The first-order valence-electron chi connectivity index (χ1n) is 6.00. The Labute approximate surface area is 121 Å². The van der Waals surface area contributed by atoms with Crippen molar-refractivity contribution in [2.24, 2.45) is 5.92 Å². The van der Waals surface area contributed by atoms with Crippen LogP contribution in [0.15, 0.2) is 22.7 Å². The highest BCUT2D eigenvalue weighted by atomic mass is 127. The van der Waals surface area contributed by atoms with Crippen molar-refractivity contribution in [3.8, 4) is 11.3 Å². The van der Waals surface area contributed by atoms with Crippen molar-refractivity contribution in [1.82, 2.24) is 5.16 Å². The van der Waals surface area contributed by atoms with E-state index in [9.17, 15) is 0 Å². The summed E-state index contributed by atoms with van der Waals surface area (Å²) in [4.78, 5) is 0. The van der Waals surface area contributed by atoms with Gasteiger partial charge in [0.15, 0.2) is 0 Å². The monoisotopic (exact) mass is 356 g/mol. The quantitative estimate of drug-likeness (QED) is 0.845. The highest BCUT2D eigenvalue weighted by Gasteiger charge is 2.18. The predicted molar refractivity (Wildman–Crippen MR) is 82.3 cm³/mol. The van der Waals surface area contributed by atoms with Gasteiger partial charge in [0.25, 0.3) is 0 Å². The molecular formula is C14H17IN2O. The van der Waals surface area contributed by atoms with Gasteiger partial charge in [0.05, 0.1) is 0 Å². The molecule has 2 rings (SSSR count). The minimum Gasteiger partial charge on any atom is -0.367 e. The van der Waals surface area contributed by atoms with Gasteiger partial charge in [-0.05, 0) is 47.4 Å². The molecule has 0 saturated heterocycles. The Kier molecular flexibility index (Phi) is 3.94. The number of hydrogen-bond acceptors (Lipinski definition) is 3. The lowest BCUT2D eigenvalue weighted by atomic mass is 9.98. The van der Waals surface area contributed by atoms with Crippen molar-refractivity contribution in [1.29, 1.82) is 0 Å². The van der Waals surface area contributed by atoms with E-state index in [0.717, 1.165) is 23.2 Å². The molecule has 0 bridgehead atoms. The summed E-state index contributed by atoms with van der Waals surface area (Å²) in [7, 11) is 0. The van der Waals surface area contributed by atoms with E-state index < -0.39 is 0 Å². The average Bonchev–Trinajstić information content (AvgIpc) is 2.64. The lowest BCUT2D eigenvalue weighted by Crippen LogP contribution is -1.99. The largest absolute Gasteiger partial charge is 0.367 e. The van der Waals surface area contributed by atoms with Crippen LogP contribution in [0.3, 0.4) is 0 Å². The van der Waals surface area contributed by atoms with E-state index in [1.807, 2.05) is 6.07 Å². The Morgan fingerprint density at radius 2 is 2.11 bits per heavy atom. The zero-order valence-corrected chi connectivity index (χ0v) is 13.0. The molecular weight excluding hydrogens is 339 g/mol. The van der Waals surface area contributed by atoms with Crippen LogP contribution >= 0.6 is 22.6 Å². The lowest BCUT2D eigenvalue weighted by Gasteiger charge is -2.08. The van der Waals surface area contributed by atoms with E-state index >= 15 is 0 Å². The van der Waals surface area contributed by atoms with Gasteiger partial charge in [0.2, 0.25) is 5.88 Å². The summed E-state index contributed by atoms with van der Waals surface area (Å²) in [6.07, 6.45) is 0.884. The van der Waals surface area contributed by atoms with E-state index in [2.05, 4.69) is 60.7 Å². The SMILES string of the molecule is Cc1cccc(-c2noc(N)c2CC(C)C)c1I. The maximum atomic E-state index is 5.88. The number of aryl methyl sites for hydroxylation is 1. The second kappa shape index (κ2) is 5.30. The van der Waals surface area contributed by atoms with Crippen molar-refractivity contribution >= 4 is 28.5 Å². The van der Waals surface area contributed by atoms with Crippen LogP contribution in [0.2, 0.25) is 0 Å². The van der Waals surface area contributed by atoms with Crippen LogP contribution in [-0.2, 0) is 6.42 Å². The third-order valence-electron chi connectivity index (χ3n) is 2.88. The lowest BCUT2D eigenvalue weighted by molar-refractivity contribution is 0.438. The van der Waals surface area contributed by atoms with Crippen molar-refractivity contribution < 1.29 is 4.52 Å². The molecule has 0 saturated carbocycles. The summed E-state index contributed by atoms with van der Waals surface area (Å²) in [6.45, 7) is 6.42. The molecule has 1 aromatic carbocycles. The van der Waals surface area contributed by atoms with Gasteiger partial charge in [-0.25, -0.2) is 0 Å². The first-order chi connectivity index (χ1) is 8.50. The Morgan fingerprint density at radius 3 is 2.78 bits per heavy atom. The van der Waals surface area contributed by atoms with Gasteiger partial charge in [-0.1, -0.05) is 37.2 Å². The average molecular weight is 356 g/mol. The van der Waals surface area contributed by atoms with Crippen LogP contribution in [0.5, 0.6) is 0 Å². The van der Waals surface area contributed by atoms with E-state index in [1.165, 1.54) is 9.13 Å². The molecule has 96 valence electrons. The fraction of sp³-hybridized carbons (Fsp3) is 0.357. The first-order valence-corrected chi connectivity index (χ1v) is 7.08. The standard InChI is InChI=1S/C14H17IN2O/c1-8(2)7-11-13(17-18-14(11)16)10-6-4-5-9(3)12(10)15/h4-6,8H,7,16H2,1-3H3. The predicted octanol–water partition coefficient (Wildman–Crippen LogP) is 4.04. The van der Waals surface area contributed by atoms with Gasteiger partial charge >= 0.3 is 0 Å². The summed E-state index contributed by atoms with van der Waals surface area (Å²) in [5.41, 5.74) is 10.1. The number of halogens is 1. The maximum absolute atomic E-state index is 5.88. The molecule has 2 aromatic rings. The highest BCUT2D eigenvalue weighted by molar-refractivity contribution is 14.1. The molecule has 0 radical (unpaired) electrons. The van der Waals surface area contributed by atoms with Crippen LogP contribution in [0, 0.1) is 16.4 Å². The van der Waals surface area contributed by atoms with E-state index in [1.54, 1.807) is 0 Å². The van der Waals surface area contributed by atoms with Crippen LogP contribution in [0.25, 0.3) is 11.3 Å². The fourth-order valence-electron chi connectivity index (χ4n) is 1.97. The number of rotatable bonds is 3. The molecule has 2 N–H and O–H groups in total. The van der Waals surface area contributed by atoms with Crippen molar-refractivity contribution in [3.63, 3.8) is 0 Å².